The van der Waals surface area contributed by atoms with Gasteiger partial charge in [-0.3, -0.25) is 4.98 Å². The zero-order valence-electron chi connectivity index (χ0n) is 5.65. The quantitative estimate of drug-likeness (QED) is 0.606. The van der Waals surface area contributed by atoms with Gasteiger partial charge in [0.2, 0.25) is 0 Å². The Morgan fingerprint density at radius 3 is 2.70 bits per heavy atom. The van der Waals surface area contributed by atoms with E-state index in [0.717, 1.165) is 0 Å². The Morgan fingerprint density at radius 1 is 1.60 bits per heavy atom. The van der Waals surface area contributed by atoms with Crippen molar-refractivity contribution < 1.29 is 10.2 Å². The maximum Gasteiger partial charge on any atom is 0.139 e. The van der Waals surface area contributed by atoms with Gasteiger partial charge in [-0.05, 0) is 19.1 Å². The molecule has 3 heteroatoms. The van der Waals surface area contributed by atoms with Crippen LogP contribution in [0.15, 0.2) is 18.3 Å². The molecule has 0 radical (unpaired) electrons. The van der Waals surface area contributed by atoms with Gasteiger partial charge in [0.05, 0.1) is 6.10 Å². The molecule has 0 aliphatic carbocycles. The summed E-state index contributed by atoms with van der Waals surface area (Å²) in [5.41, 5.74) is 0.322. The van der Waals surface area contributed by atoms with E-state index in [-0.39, 0.29) is 5.75 Å². The van der Waals surface area contributed by atoms with Crippen LogP contribution in [0.2, 0.25) is 0 Å². The van der Waals surface area contributed by atoms with E-state index in [9.17, 15) is 0 Å². The number of aliphatic hydroxyl groups excluding tert-OH is 1. The maximum atomic E-state index is 9.06. The van der Waals surface area contributed by atoms with Gasteiger partial charge < -0.3 is 10.2 Å². The fraction of sp³-hybridized carbons (Fsp3) is 0.286. The van der Waals surface area contributed by atoms with E-state index < -0.39 is 6.10 Å². The Bertz CT molecular complexity index is 223. The Kier molecular flexibility index (Phi) is 1.87. The van der Waals surface area contributed by atoms with E-state index in [1.54, 1.807) is 13.0 Å². The number of rotatable bonds is 1. The molecule has 1 aromatic rings. The molecular formula is C7H9NO2. The zero-order chi connectivity index (χ0) is 7.56. The Hall–Kier alpha value is -1.09. The standard InChI is InChI=1S/C7H9NO2/c1-5(9)7-6(10)3-2-4-8-7/h2-5,9-10H,1H3/t5-/m1/s1. The second kappa shape index (κ2) is 2.66. The second-order valence-corrected chi connectivity index (χ2v) is 2.08. The van der Waals surface area contributed by atoms with Gasteiger partial charge in [-0.2, -0.15) is 0 Å². The zero-order valence-corrected chi connectivity index (χ0v) is 5.65. The molecule has 10 heavy (non-hydrogen) atoms. The SMILES string of the molecule is C[C@@H](O)c1ncccc1O. The Morgan fingerprint density at radius 2 is 2.30 bits per heavy atom. The topological polar surface area (TPSA) is 53.4 Å². The van der Waals surface area contributed by atoms with Crippen molar-refractivity contribution in [1.29, 1.82) is 0 Å². The number of aromatic nitrogens is 1. The van der Waals surface area contributed by atoms with Gasteiger partial charge in [0.15, 0.2) is 0 Å². The summed E-state index contributed by atoms with van der Waals surface area (Å²) in [7, 11) is 0. The highest BCUT2D eigenvalue weighted by Gasteiger charge is 2.05. The first kappa shape index (κ1) is 7.02. The summed E-state index contributed by atoms with van der Waals surface area (Å²) >= 11 is 0. The van der Waals surface area contributed by atoms with E-state index in [2.05, 4.69) is 4.98 Å². The number of aromatic hydroxyl groups is 1. The average molecular weight is 139 g/mol. The van der Waals surface area contributed by atoms with Gasteiger partial charge in [-0.1, -0.05) is 0 Å². The van der Waals surface area contributed by atoms with Crippen LogP contribution < -0.4 is 0 Å². The van der Waals surface area contributed by atoms with Gasteiger partial charge in [-0.15, -0.1) is 0 Å². The maximum absolute atomic E-state index is 9.06. The highest BCUT2D eigenvalue weighted by atomic mass is 16.3. The van der Waals surface area contributed by atoms with Crippen LogP contribution in [0.1, 0.15) is 18.7 Å². The average Bonchev–Trinajstić information content (AvgIpc) is 1.88. The van der Waals surface area contributed by atoms with E-state index in [0.29, 0.717) is 5.69 Å². The van der Waals surface area contributed by atoms with Gasteiger partial charge in [0.1, 0.15) is 11.4 Å². The fourth-order valence-corrected chi connectivity index (χ4v) is 0.731. The largest absolute Gasteiger partial charge is 0.506 e. The van der Waals surface area contributed by atoms with E-state index in [4.69, 9.17) is 10.2 Å². The van der Waals surface area contributed by atoms with E-state index in [1.165, 1.54) is 12.3 Å². The summed E-state index contributed by atoms with van der Waals surface area (Å²) in [6.45, 7) is 1.56. The third kappa shape index (κ3) is 1.25. The minimum absolute atomic E-state index is 0.0394. The fourth-order valence-electron chi connectivity index (χ4n) is 0.731. The molecule has 0 saturated heterocycles. The summed E-state index contributed by atoms with van der Waals surface area (Å²) < 4.78 is 0. The lowest BCUT2D eigenvalue weighted by Crippen LogP contribution is -1.94. The summed E-state index contributed by atoms with van der Waals surface area (Å²) in [6.07, 6.45) is 0.822. The minimum Gasteiger partial charge on any atom is -0.506 e. The third-order valence-electron chi connectivity index (χ3n) is 1.21. The van der Waals surface area contributed by atoms with Crippen molar-refractivity contribution in [2.45, 2.75) is 13.0 Å². The van der Waals surface area contributed by atoms with Crippen LogP contribution in [0.5, 0.6) is 5.75 Å². The third-order valence-corrected chi connectivity index (χ3v) is 1.21. The Labute approximate surface area is 59.0 Å². The molecule has 2 N–H and O–H groups in total. The number of pyridine rings is 1. The van der Waals surface area contributed by atoms with Crippen LogP contribution in [0.4, 0.5) is 0 Å². The monoisotopic (exact) mass is 139 g/mol. The molecule has 0 aromatic carbocycles. The van der Waals surface area contributed by atoms with Gasteiger partial charge >= 0.3 is 0 Å². The molecule has 0 bridgehead atoms. The number of hydrogen-bond donors (Lipinski definition) is 2. The molecule has 1 rings (SSSR count). The lowest BCUT2D eigenvalue weighted by molar-refractivity contribution is 0.189. The summed E-state index contributed by atoms with van der Waals surface area (Å²) in [5.74, 6) is 0.0394. The van der Waals surface area contributed by atoms with Gasteiger partial charge in [0, 0.05) is 6.20 Å². The van der Waals surface area contributed by atoms with E-state index >= 15 is 0 Å². The second-order valence-electron chi connectivity index (χ2n) is 2.08. The van der Waals surface area contributed by atoms with Crippen LogP contribution in [0, 0.1) is 0 Å². The molecule has 1 aromatic heterocycles. The Balaban J connectivity index is 3.03. The highest BCUT2D eigenvalue weighted by Crippen LogP contribution is 2.19. The van der Waals surface area contributed by atoms with Crippen molar-refractivity contribution >= 4 is 0 Å². The van der Waals surface area contributed by atoms with Crippen LogP contribution in [0.3, 0.4) is 0 Å². The van der Waals surface area contributed by atoms with Crippen LogP contribution in [0.25, 0.3) is 0 Å². The molecule has 54 valence electrons. The highest BCUT2D eigenvalue weighted by molar-refractivity contribution is 5.26. The van der Waals surface area contributed by atoms with Gasteiger partial charge in [0.25, 0.3) is 0 Å². The molecule has 3 nitrogen and oxygen atoms in total. The number of aliphatic hydroxyl groups is 1. The van der Waals surface area contributed by atoms with Crippen LogP contribution in [-0.2, 0) is 0 Å². The van der Waals surface area contributed by atoms with E-state index in [1.807, 2.05) is 0 Å². The molecule has 1 heterocycles. The number of hydrogen-bond acceptors (Lipinski definition) is 3. The van der Waals surface area contributed by atoms with Crippen molar-refractivity contribution in [3.63, 3.8) is 0 Å². The summed E-state index contributed by atoms with van der Waals surface area (Å²) in [4.78, 5) is 3.78. The normalized spacial score (nSPS) is 13.0. The number of nitrogens with zero attached hydrogens (tertiary/aromatic N) is 1. The molecule has 1 atom stereocenters. The summed E-state index contributed by atoms with van der Waals surface area (Å²) in [5, 5.41) is 18.0. The molecule has 0 saturated carbocycles. The van der Waals surface area contributed by atoms with Crippen molar-refractivity contribution in [2.24, 2.45) is 0 Å². The first-order chi connectivity index (χ1) is 4.72. The smallest absolute Gasteiger partial charge is 0.139 e. The lowest BCUT2D eigenvalue weighted by atomic mass is 10.2. The molecule has 0 aliphatic rings. The molecule has 0 aliphatic heterocycles. The van der Waals surface area contributed by atoms with Crippen molar-refractivity contribution in [3.8, 4) is 5.75 Å². The first-order valence-electron chi connectivity index (χ1n) is 3.03. The van der Waals surface area contributed by atoms with Crippen LogP contribution >= 0.6 is 0 Å². The molecule has 0 amide bonds. The molecule has 0 spiro atoms. The predicted molar refractivity (Wildman–Crippen MR) is 36.5 cm³/mol. The molecule has 0 fully saturated rings. The molecule has 0 unspecified atom stereocenters. The van der Waals surface area contributed by atoms with Crippen molar-refractivity contribution in [2.75, 3.05) is 0 Å². The lowest BCUT2D eigenvalue weighted by Gasteiger charge is -2.03. The summed E-state index contributed by atoms with van der Waals surface area (Å²) in [6, 6.07) is 3.11. The van der Waals surface area contributed by atoms with Crippen LogP contribution in [-0.4, -0.2) is 15.2 Å². The van der Waals surface area contributed by atoms with Crippen molar-refractivity contribution in [1.82, 2.24) is 4.98 Å². The minimum atomic E-state index is -0.707. The van der Waals surface area contributed by atoms with Gasteiger partial charge in [-0.25, -0.2) is 0 Å². The molecular weight excluding hydrogens is 130 g/mol. The first-order valence-corrected chi connectivity index (χ1v) is 3.03. The predicted octanol–water partition coefficient (Wildman–Crippen LogP) is 0.840. The van der Waals surface area contributed by atoms with Crippen molar-refractivity contribution in [3.05, 3.63) is 24.0 Å².